The molecule has 8 heteroatoms. The Morgan fingerprint density at radius 3 is 2.69 bits per heavy atom. The number of aryl methyl sites for hydroxylation is 1. The van der Waals surface area contributed by atoms with Crippen LogP contribution in [-0.2, 0) is 28.7 Å². The SMILES string of the molecule is Cc1ccc(S(=O)(=O)O[C@H]2CCOC(=O)[C@H]3[C@@H]2ON2CCCC[C@H]32)cc1. The number of hydrogen-bond donors (Lipinski definition) is 0. The summed E-state index contributed by atoms with van der Waals surface area (Å²) in [6.45, 7) is 2.76. The first kappa shape index (κ1) is 17.9. The first-order valence-electron chi connectivity index (χ1n) is 9.06. The van der Waals surface area contributed by atoms with Crippen molar-refractivity contribution in [3.05, 3.63) is 29.8 Å². The number of carbonyl (C=O) groups is 1. The highest BCUT2D eigenvalue weighted by atomic mass is 32.2. The minimum Gasteiger partial charge on any atom is -0.465 e. The normalized spacial score (nSPS) is 32.4. The average molecular weight is 381 g/mol. The van der Waals surface area contributed by atoms with Gasteiger partial charge in [0.2, 0.25) is 0 Å². The molecule has 3 fully saturated rings. The van der Waals surface area contributed by atoms with Gasteiger partial charge in [-0.15, -0.1) is 0 Å². The molecule has 4 atom stereocenters. The van der Waals surface area contributed by atoms with Crippen LogP contribution in [0.5, 0.6) is 0 Å². The largest absolute Gasteiger partial charge is 0.465 e. The maximum atomic E-state index is 12.7. The van der Waals surface area contributed by atoms with Crippen LogP contribution < -0.4 is 0 Å². The Labute approximate surface area is 153 Å². The van der Waals surface area contributed by atoms with Crippen molar-refractivity contribution in [3.63, 3.8) is 0 Å². The summed E-state index contributed by atoms with van der Waals surface area (Å²) in [4.78, 5) is 18.5. The standard InChI is InChI=1S/C18H23NO6S/c1-12-5-7-13(8-6-12)26(21,22)25-15-9-11-23-18(20)16-14-4-2-3-10-19(14)24-17(15)16/h5-8,14-17H,2-4,9-11H2,1H3/t14-,15+,16-,17-/m1/s1. The van der Waals surface area contributed by atoms with E-state index in [2.05, 4.69) is 0 Å². The van der Waals surface area contributed by atoms with E-state index < -0.39 is 28.2 Å². The van der Waals surface area contributed by atoms with E-state index in [0.717, 1.165) is 31.4 Å². The monoisotopic (exact) mass is 381 g/mol. The smallest absolute Gasteiger partial charge is 0.313 e. The Balaban J connectivity index is 1.59. The van der Waals surface area contributed by atoms with Gasteiger partial charge in [-0.05, 0) is 31.9 Å². The van der Waals surface area contributed by atoms with Gasteiger partial charge >= 0.3 is 5.97 Å². The van der Waals surface area contributed by atoms with E-state index in [1.807, 2.05) is 12.0 Å². The number of piperidine rings is 1. The van der Waals surface area contributed by atoms with Gasteiger partial charge in [0.15, 0.2) is 0 Å². The van der Waals surface area contributed by atoms with Crippen LogP contribution in [-0.4, -0.2) is 50.9 Å². The molecular weight excluding hydrogens is 358 g/mol. The molecule has 0 aliphatic carbocycles. The van der Waals surface area contributed by atoms with Gasteiger partial charge in [-0.25, -0.2) is 0 Å². The fourth-order valence-corrected chi connectivity index (χ4v) is 5.13. The predicted molar refractivity (Wildman–Crippen MR) is 91.5 cm³/mol. The van der Waals surface area contributed by atoms with E-state index in [1.165, 1.54) is 12.1 Å². The Kier molecular flexibility index (Phi) is 4.77. The fraction of sp³-hybridized carbons (Fsp3) is 0.611. The molecule has 4 rings (SSSR count). The number of fused-ring (bicyclic) bond motifs is 3. The molecule has 3 aliphatic rings. The third kappa shape index (κ3) is 3.26. The quantitative estimate of drug-likeness (QED) is 0.583. The van der Waals surface area contributed by atoms with Crippen molar-refractivity contribution in [3.8, 4) is 0 Å². The molecule has 7 nitrogen and oxygen atoms in total. The highest BCUT2D eigenvalue weighted by Crippen LogP contribution is 2.39. The second-order valence-corrected chi connectivity index (χ2v) is 8.73. The highest BCUT2D eigenvalue weighted by Gasteiger charge is 2.54. The van der Waals surface area contributed by atoms with Crippen molar-refractivity contribution >= 4 is 16.1 Å². The van der Waals surface area contributed by atoms with Crippen LogP contribution in [0.3, 0.4) is 0 Å². The zero-order valence-corrected chi connectivity index (χ0v) is 15.5. The average Bonchev–Trinajstić information content (AvgIpc) is 2.93. The van der Waals surface area contributed by atoms with Crippen molar-refractivity contribution in [1.29, 1.82) is 0 Å². The molecule has 0 radical (unpaired) electrons. The van der Waals surface area contributed by atoms with E-state index in [0.29, 0.717) is 6.42 Å². The van der Waals surface area contributed by atoms with Crippen molar-refractivity contribution in [1.82, 2.24) is 5.06 Å². The van der Waals surface area contributed by atoms with E-state index in [9.17, 15) is 13.2 Å². The number of hydroxylamine groups is 2. The van der Waals surface area contributed by atoms with Gasteiger partial charge < -0.3 is 4.74 Å². The summed E-state index contributed by atoms with van der Waals surface area (Å²) < 4.78 is 36.2. The van der Waals surface area contributed by atoms with Gasteiger partial charge in [0.25, 0.3) is 10.1 Å². The molecule has 26 heavy (non-hydrogen) atoms. The molecule has 0 amide bonds. The lowest BCUT2D eigenvalue weighted by atomic mass is 9.87. The molecule has 1 aromatic carbocycles. The molecule has 0 bridgehead atoms. The lowest BCUT2D eigenvalue weighted by Crippen LogP contribution is -2.41. The van der Waals surface area contributed by atoms with E-state index in [4.69, 9.17) is 13.8 Å². The summed E-state index contributed by atoms with van der Waals surface area (Å²) in [7, 11) is -3.95. The summed E-state index contributed by atoms with van der Waals surface area (Å²) >= 11 is 0. The van der Waals surface area contributed by atoms with E-state index in [-0.39, 0.29) is 23.5 Å². The molecule has 3 aliphatic heterocycles. The number of ether oxygens (including phenoxy) is 1. The number of carbonyl (C=O) groups excluding carboxylic acids is 1. The summed E-state index contributed by atoms with van der Waals surface area (Å²) in [6, 6.07) is 6.45. The Morgan fingerprint density at radius 2 is 1.92 bits per heavy atom. The minimum atomic E-state index is -3.95. The third-order valence-corrected chi connectivity index (χ3v) is 6.72. The zero-order chi connectivity index (χ0) is 18.3. The van der Waals surface area contributed by atoms with Crippen LogP contribution in [0.25, 0.3) is 0 Å². The third-order valence-electron chi connectivity index (χ3n) is 5.37. The number of benzene rings is 1. The van der Waals surface area contributed by atoms with Crippen LogP contribution in [0, 0.1) is 12.8 Å². The Morgan fingerprint density at radius 1 is 1.15 bits per heavy atom. The van der Waals surface area contributed by atoms with Gasteiger partial charge in [-0.3, -0.25) is 13.8 Å². The van der Waals surface area contributed by atoms with Crippen LogP contribution >= 0.6 is 0 Å². The van der Waals surface area contributed by atoms with E-state index >= 15 is 0 Å². The van der Waals surface area contributed by atoms with Gasteiger partial charge in [0.1, 0.15) is 18.1 Å². The van der Waals surface area contributed by atoms with Crippen molar-refractivity contribution < 1.29 is 27.0 Å². The van der Waals surface area contributed by atoms with Crippen molar-refractivity contribution in [2.45, 2.75) is 55.8 Å². The number of nitrogens with zero attached hydrogens (tertiary/aromatic N) is 1. The minimum absolute atomic E-state index is 0.0625. The van der Waals surface area contributed by atoms with Crippen molar-refractivity contribution in [2.24, 2.45) is 5.92 Å². The zero-order valence-electron chi connectivity index (χ0n) is 14.7. The summed E-state index contributed by atoms with van der Waals surface area (Å²) in [5.74, 6) is -0.820. The van der Waals surface area contributed by atoms with Gasteiger partial charge in [-0.2, -0.15) is 13.5 Å². The molecule has 0 unspecified atom stereocenters. The van der Waals surface area contributed by atoms with Crippen LogP contribution in [0.1, 0.15) is 31.2 Å². The number of rotatable bonds is 3. The summed E-state index contributed by atoms with van der Waals surface area (Å²) in [5.41, 5.74) is 0.966. The maximum Gasteiger partial charge on any atom is 0.313 e. The molecule has 0 saturated carbocycles. The molecule has 142 valence electrons. The molecular formula is C18H23NO6S. The lowest BCUT2D eigenvalue weighted by Gasteiger charge is -2.28. The van der Waals surface area contributed by atoms with Crippen molar-refractivity contribution in [2.75, 3.05) is 13.2 Å². The van der Waals surface area contributed by atoms with Gasteiger partial charge in [-0.1, -0.05) is 24.1 Å². The lowest BCUT2D eigenvalue weighted by molar-refractivity contribution is -0.189. The second-order valence-electron chi connectivity index (χ2n) is 7.16. The Bertz CT molecular complexity index is 777. The first-order valence-corrected chi connectivity index (χ1v) is 10.5. The number of hydrogen-bond acceptors (Lipinski definition) is 7. The molecule has 0 spiro atoms. The number of cyclic esters (lactones) is 1. The van der Waals surface area contributed by atoms with Gasteiger partial charge in [0.05, 0.1) is 17.5 Å². The topological polar surface area (TPSA) is 82.1 Å². The van der Waals surface area contributed by atoms with Crippen LogP contribution in [0.4, 0.5) is 0 Å². The van der Waals surface area contributed by atoms with E-state index in [1.54, 1.807) is 12.1 Å². The van der Waals surface area contributed by atoms with Gasteiger partial charge in [0, 0.05) is 13.0 Å². The summed E-state index contributed by atoms with van der Waals surface area (Å²) in [6.07, 6.45) is 1.77. The highest BCUT2D eigenvalue weighted by molar-refractivity contribution is 7.86. The maximum absolute atomic E-state index is 12.7. The van der Waals surface area contributed by atoms with Crippen LogP contribution in [0.2, 0.25) is 0 Å². The predicted octanol–water partition coefficient (Wildman–Crippen LogP) is 1.80. The molecule has 0 N–H and O–H groups in total. The molecule has 3 heterocycles. The Hall–Kier alpha value is -1.48. The molecule has 1 aromatic rings. The first-order chi connectivity index (χ1) is 12.5. The second kappa shape index (κ2) is 6.92. The van der Waals surface area contributed by atoms with Crippen LogP contribution in [0.15, 0.2) is 29.2 Å². The fourth-order valence-electron chi connectivity index (χ4n) is 4.01. The molecule has 0 aromatic heterocycles. The molecule has 3 saturated heterocycles. The number of esters is 1. The summed E-state index contributed by atoms with van der Waals surface area (Å²) in [5, 5.41) is 1.82.